The standard InChI is InChI=1S/C27H34N2O4/c1-27(2,3)33-26(32)29(17-16-19-6-11-22(12-7-19)28(4)5)24-14-10-21-18-20(8-13-23(21)24)9-15-25(30)31/h6-9,11-13,15,18,24H,10,14,16-17H2,1-5H3,(H,30,31)/b15-9+. The van der Waals surface area contributed by atoms with E-state index in [1.807, 2.05) is 58.0 Å². The molecule has 1 unspecified atom stereocenters. The average Bonchev–Trinajstić information content (AvgIpc) is 3.14. The van der Waals surface area contributed by atoms with Gasteiger partial charge in [0.15, 0.2) is 0 Å². The van der Waals surface area contributed by atoms with Crippen molar-refractivity contribution in [3.8, 4) is 0 Å². The van der Waals surface area contributed by atoms with E-state index in [0.717, 1.165) is 47.7 Å². The number of benzene rings is 2. The van der Waals surface area contributed by atoms with E-state index in [2.05, 4.69) is 29.2 Å². The maximum Gasteiger partial charge on any atom is 0.410 e. The molecule has 1 amide bonds. The van der Waals surface area contributed by atoms with Crippen LogP contribution in [0.5, 0.6) is 0 Å². The molecule has 6 nitrogen and oxygen atoms in total. The molecule has 0 saturated heterocycles. The Morgan fingerprint density at radius 3 is 2.42 bits per heavy atom. The van der Waals surface area contributed by atoms with Gasteiger partial charge in [0, 0.05) is 32.4 Å². The molecular formula is C27H34N2O4. The van der Waals surface area contributed by atoms with Gasteiger partial charge in [-0.2, -0.15) is 0 Å². The third kappa shape index (κ3) is 6.60. The molecule has 0 aromatic heterocycles. The summed E-state index contributed by atoms with van der Waals surface area (Å²) >= 11 is 0. The van der Waals surface area contributed by atoms with Crippen molar-refractivity contribution in [3.05, 3.63) is 70.8 Å². The van der Waals surface area contributed by atoms with E-state index in [-0.39, 0.29) is 12.1 Å². The highest BCUT2D eigenvalue weighted by molar-refractivity contribution is 5.85. The van der Waals surface area contributed by atoms with Crippen LogP contribution in [-0.2, 0) is 22.4 Å². The lowest BCUT2D eigenvalue weighted by Crippen LogP contribution is -2.40. The summed E-state index contributed by atoms with van der Waals surface area (Å²) in [6.45, 7) is 6.20. The van der Waals surface area contributed by atoms with Crippen LogP contribution in [0.4, 0.5) is 10.5 Å². The molecule has 1 aliphatic rings. The summed E-state index contributed by atoms with van der Waals surface area (Å²) in [5, 5.41) is 8.88. The molecule has 6 heteroatoms. The largest absolute Gasteiger partial charge is 0.478 e. The first-order valence-corrected chi connectivity index (χ1v) is 11.3. The quantitative estimate of drug-likeness (QED) is 0.579. The molecular weight excluding hydrogens is 416 g/mol. The van der Waals surface area contributed by atoms with Crippen molar-refractivity contribution < 1.29 is 19.4 Å². The second-order valence-corrected chi connectivity index (χ2v) is 9.67. The Bertz CT molecular complexity index is 1020. The van der Waals surface area contributed by atoms with E-state index in [1.54, 1.807) is 6.08 Å². The van der Waals surface area contributed by atoms with Gasteiger partial charge in [-0.1, -0.05) is 30.3 Å². The van der Waals surface area contributed by atoms with E-state index < -0.39 is 11.6 Å². The highest BCUT2D eigenvalue weighted by Crippen LogP contribution is 2.37. The van der Waals surface area contributed by atoms with E-state index in [0.29, 0.717) is 6.54 Å². The summed E-state index contributed by atoms with van der Waals surface area (Å²) in [5.74, 6) is -0.969. The van der Waals surface area contributed by atoms with Crippen LogP contribution in [-0.4, -0.2) is 48.3 Å². The summed E-state index contributed by atoms with van der Waals surface area (Å²) < 4.78 is 5.76. The van der Waals surface area contributed by atoms with Crippen molar-refractivity contribution in [2.24, 2.45) is 0 Å². The Balaban J connectivity index is 1.82. The van der Waals surface area contributed by atoms with E-state index in [9.17, 15) is 9.59 Å². The maximum atomic E-state index is 13.2. The summed E-state index contributed by atoms with van der Waals surface area (Å²) in [7, 11) is 4.03. The van der Waals surface area contributed by atoms with Gasteiger partial charge < -0.3 is 19.6 Å². The summed E-state index contributed by atoms with van der Waals surface area (Å²) in [6.07, 6.45) is 4.83. The number of hydrogen-bond donors (Lipinski definition) is 1. The molecule has 0 saturated carbocycles. The minimum Gasteiger partial charge on any atom is -0.478 e. The van der Waals surface area contributed by atoms with Gasteiger partial charge in [0.2, 0.25) is 0 Å². The molecule has 0 spiro atoms. The van der Waals surface area contributed by atoms with Gasteiger partial charge in [0.1, 0.15) is 5.60 Å². The van der Waals surface area contributed by atoms with Crippen molar-refractivity contribution in [2.45, 2.75) is 51.7 Å². The molecule has 0 heterocycles. The molecule has 0 radical (unpaired) electrons. The lowest BCUT2D eigenvalue weighted by atomic mass is 10.0. The van der Waals surface area contributed by atoms with E-state index in [4.69, 9.17) is 9.84 Å². The first kappa shape index (κ1) is 24.4. The molecule has 176 valence electrons. The number of ether oxygens (including phenoxy) is 1. The van der Waals surface area contributed by atoms with Crippen LogP contribution >= 0.6 is 0 Å². The molecule has 2 aromatic rings. The number of aryl methyl sites for hydroxylation is 1. The average molecular weight is 451 g/mol. The monoisotopic (exact) mass is 450 g/mol. The number of carboxylic acid groups (broad SMARTS) is 1. The van der Waals surface area contributed by atoms with E-state index in [1.165, 1.54) is 5.56 Å². The fraction of sp³-hybridized carbons (Fsp3) is 0.407. The zero-order valence-corrected chi connectivity index (χ0v) is 20.2. The Morgan fingerprint density at radius 1 is 1.12 bits per heavy atom. The Morgan fingerprint density at radius 2 is 1.82 bits per heavy atom. The van der Waals surface area contributed by atoms with Crippen molar-refractivity contribution in [3.63, 3.8) is 0 Å². The van der Waals surface area contributed by atoms with Crippen molar-refractivity contribution in [1.29, 1.82) is 0 Å². The number of hydrogen-bond acceptors (Lipinski definition) is 4. The number of carbonyl (C=O) groups excluding carboxylic acids is 1. The molecule has 33 heavy (non-hydrogen) atoms. The van der Waals surface area contributed by atoms with Gasteiger partial charge in [0.05, 0.1) is 6.04 Å². The predicted molar refractivity (Wildman–Crippen MR) is 132 cm³/mol. The SMILES string of the molecule is CN(C)c1ccc(CCN(C(=O)OC(C)(C)C)C2CCc3cc(/C=C/C(=O)O)ccc32)cc1. The van der Waals surface area contributed by atoms with Gasteiger partial charge in [-0.3, -0.25) is 0 Å². The van der Waals surface area contributed by atoms with Crippen LogP contribution in [0, 0.1) is 0 Å². The maximum absolute atomic E-state index is 13.2. The van der Waals surface area contributed by atoms with Crippen LogP contribution in [0.25, 0.3) is 6.08 Å². The molecule has 0 aliphatic heterocycles. The molecule has 1 N–H and O–H groups in total. The second-order valence-electron chi connectivity index (χ2n) is 9.67. The van der Waals surface area contributed by atoms with Gasteiger partial charge >= 0.3 is 12.1 Å². The number of nitrogens with zero attached hydrogens (tertiary/aromatic N) is 2. The number of carboxylic acids is 1. The van der Waals surface area contributed by atoms with Crippen LogP contribution in [0.15, 0.2) is 48.5 Å². The highest BCUT2D eigenvalue weighted by Gasteiger charge is 2.33. The first-order chi connectivity index (χ1) is 15.5. The summed E-state index contributed by atoms with van der Waals surface area (Å²) in [4.78, 5) is 27.9. The van der Waals surface area contributed by atoms with Crippen LogP contribution < -0.4 is 4.90 Å². The minimum absolute atomic E-state index is 0.0617. The number of fused-ring (bicyclic) bond motifs is 1. The molecule has 3 rings (SSSR count). The smallest absolute Gasteiger partial charge is 0.410 e. The first-order valence-electron chi connectivity index (χ1n) is 11.3. The third-order valence-corrected chi connectivity index (χ3v) is 5.73. The summed E-state index contributed by atoms with van der Waals surface area (Å²) in [6, 6.07) is 14.3. The van der Waals surface area contributed by atoms with Crippen molar-refractivity contribution in [2.75, 3.05) is 25.5 Å². The molecule has 0 fully saturated rings. The fourth-order valence-electron chi connectivity index (χ4n) is 4.12. The Labute approximate surface area is 196 Å². The topological polar surface area (TPSA) is 70.1 Å². The highest BCUT2D eigenvalue weighted by atomic mass is 16.6. The molecule has 1 aliphatic carbocycles. The molecule has 1 atom stereocenters. The van der Waals surface area contributed by atoms with Gasteiger partial charge in [-0.15, -0.1) is 0 Å². The number of aliphatic carboxylic acids is 1. The van der Waals surface area contributed by atoms with Gasteiger partial charge in [-0.05, 0) is 80.5 Å². The minimum atomic E-state index is -0.969. The summed E-state index contributed by atoms with van der Waals surface area (Å²) in [5.41, 5.74) is 4.84. The van der Waals surface area contributed by atoms with Gasteiger partial charge in [0.25, 0.3) is 0 Å². The van der Waals surface area contributed by atoms with Crippen LogP contribution in [0.1, 0.15) is 55.5 Å². The Hall–Kier alpha value is -3.28. The lowest BCUT2D eigenvalue weighted by Gasteiger charge is -2.32. The van der Waals surface area contributed by atoms with Crippen molar-refractivity contribution >= 4 is 23.8 Å². The second kappa shape index (κ2) is 10.1. The zero-order chi connectivity index (χ0) is 24.2. The number of carbonyl (C=O) groups is 2. The number of amides is 1. The van der Waals surface area contributed by atoms with Crippen LogP contribution in [0.2, 0.25) is 0 Å². The molecule has 0 bridgehead atoms. The lowest BCUT2D eigenvalue weighted by molar-refractivity contribution is -0.131. The van der Waals surface area contributed by atoms with Gasteiger partial charge in [-0.25, -0.2) is 9.59 Å². The fourth-order valence-corrected chi connectivity index (χ4v) is 4.12. The third-order valence-electron chi connectivity index (χ3n) is 5.73. The van der Waals surface area contributed by atoms with Crippen LogP contribution in [0.3, 0.4) is 0 Å². The normalized spacial score (nSPS) is 15.4. The number of anilines is 1. The number of rotatable bonds is 7. The predicted octanol–water partition coefficient (Wildman–Crippen LogP) is 5.32. The molecule has 2 aromatic carbocycles. The van der Waals surface area contributed by atoms with Crippen molar-refractivity contribution in [1.82, 2.24) is 4.90 Å². The Kier molecular flexibility index (Phi) is 7.46. The zero-order valence-electron chi connectivity index (χ0n) is 20.2. The van der Waals surface area contributed by atoms with E-state index >= 15 is 0 Å².